The molecular weight excluding hydrogens is 430 g/mol. The number of rotatable bonds is 7. The second kappa shape index (κ2) is 8.99. The van der Waals surface area contributed by atoms with E-state index in [0.29, 0.717) is 11.8 Å². The molecule has 158 valence electrons. The number of carbonyl (C=O) groups excluding carboxylic acids is 1. The van der Waals surface area contributed by atoms with Crippen LogP contribution in [0.4, 0.5) is 0 Å². The van der Waals surface area contributed by atoms with Crippen molar-refractivity contribution in [2.45, 2.75) is 31.6 Å². The molecule has 1 heterocycles. The molecule has 3 rings (SSSR count). The molecule has 30 heavy (non-hydrogen) atoms. The first kappa shape index (κ1) is 22.0. The highest BCUT2D eigenvalue weighted by molar-refractivity contribution is 7.89. The van der Waals surface area contributed by atoms with E-state index in [-0.39, 0.29) is 34.2 Å². The van der Waals surface area contributed by atoms with E-state index in [1.807, 2.05) is 13.8 Å². The molecule has 3 aromatic rings. The molecule has 0 saturated carbocycles. The summed E-state index contributed by atoms with van der Waals surface area (Å²) in [6.45, 7) is 3.61. The minimum Gasteiger partial charge on any atom is -0.425 e. The van der Waals surface area contributed by atoms with E-state index in [2.05, 4.69) is 4.72 Å². The van der Waals surface area contributed by atoms with Crippen LogP contribution in [0.25, 0.3) is 11.0 Å². The topological polar surface area (TPSA) is 103 Å². The summed E-state index contributed by atoms with van der Waals surface area (Å²) in [4.78, 5) is 23.9. The summed E-state index contributed by atoms with van der Waals surface area (Å²) in [5, 5.41) is 0.840. The van der Waals surface area contributed by atoms with Gasteiger partial charge in [-0.2, -0.15) is 0 Å². The predicted octanol–water partition coefficient (Wildman–Crippen LogP) is 3.59. The molecule has 1 N–H and O–H groups in total. The van der Waals surface area contributed by atoms with E-state index in [4.69, 9.17) is 20.8 Å². The number of hydrogen-bond donors (Lipinski definition) is 1. The van der Waals surface area contributed by atoms with Gasteiger partial charge in [0.2, 0.25) is 10.0 Å². The molecule has 0 radical (unpaired) electrons. The molecule has 0 bridgehead atoms. The number of nitrogens with one attached hydrogen (secondary N) is 1. The molecule has 2 aromatic carbocycles. The maximum absolute atomic E-state index is 12.2. The van der Waals surface area contributed by atoms with Gasteiger partial charge < -0.3 is 9.15 Å². The highest BCUT2D eigenvalue weighted by Gasteiger charge is 2.16. The molecule has 0 atom stereocenters. The highest BCUT2D eigenvalue weighted by Crippen LogP contribution is 2.31. The Morgan fingerprint density at radius 1 is 1.17 bits per heavy atom. The Bertz CT molecular complexity index is 1250. The number of benzene rings is 2. The lowest BCUT2D eigenvalue weighted by Crippen LogP contribution is -2.27. The third-order valence-corrected chi connectivity index (χ3v) is 6.21. The van der Waals surface area contributed by atoms with Crippen LogP contribution in [0.3, 0.4) is 0 Å². The van der Waals surface area contributed by atoms with E-state index >= 15 is 0 Å². The number of aryl methyl sites for hydroxylation is 2. The molecular formula is C21H20ClNO6S. The Hall–Kier alpha value is -2.68. The van der Waals surface area contributed by atoms with Crippen LogP contribution in [0.2, 0.25) is 5.02 Å². The van der Waals surface area contributed by atoms with Crippen LogP contribution in [0, 0.1) is 6.92 Å². The average Bonchev–Trinajstić information content (AvgIpc) is 2.68. The van der Waals surface area contributed by atoms with E-state index < -0.39 is 21.6 Å². The third-order valence-electron chi connectivity index (χ3n) is 4.44. The lowest BCUT2D eigenvalue weighted by atomic mass is 10.1. The van der Waals surface area contributed by atoms with Crippen LogP contribution in [0.5, 0.6) is 5.75 Å². The zero-order valence-corrected chi connectivity index (χ0v) is 18.0. The van der Waals surface area contributed by atoms with Gasteiger partial charge in [-0.3, -0.25) is 4.79 Å². The lowest BCUT2D eigenvalue weighted by molar-refractivity contribution is -0.134. The van der Waals surface area contributed by atoms with E-state index in [0.717, 1.165) is 11.1 Å². The Morgan fingerprint density at radius 2 is 1.87 bits per heavy atom. The summed E-state index contributed by atoms with van der Waals surface area (Å²) in [6, 6.07) is 10.7. The van der Waals surface area contributed by atoms with Crippen molar-refractivity contribution >= 4 is 38.6 Å². The molecule has 1 aromatic heterocycles. The van der Waals surface area contributed by atoms with Gasteiger partial charge in [-0.25, -0.2) is 17.9 Å². The van der Waals surface area contributed by atoms with Crippen molar-refractivity contribution < 1.29 is 22.4 Å². The largest absolute Gasteiger partial charge is 0.425 e. The number of sulfonamides is 1. The first-order valence-corrected chi connectivity index (χ1v) is 11.1. The summed E-state index contributed by atoms with van der Waals surface area (Å²) in [6.07, 6.45) is 0.400. The van der Waals surface area contributed by atoms with Crippen LogP contribution in [-0.2, 0) is 21.2 Å². The van der Waals surface area contributed by atoms with Crippen LogP contribution >= 0.6 is 11.6 Å². The van der Waals surface area contributed by atoms with Gasteiger partial charge in [-0.1, -0.05) is 36.2 Å². The van der Waals surface area contributed by atoms with Crippen molar-refractivity contribution in [3.05, 3.63) is 69.0 Å². The number of hydrogen-bond acceptors (Lipinski definition) is 6. The van der Waals surface area contributed by atoms with Crippen LogP contribution in [0.15, 0.2) is 56.6 Å². The first-order valence-electron chi connectivity index (χ1n) is 9.23. The fourth-order valence-electron chi connectivity index (χ4n) is 2.86. The molecule has 0 aliphatic carbocycles. The highest BCUT2D eigenvalue weighted by atomic mass is 35.5. The Morgan fingerprint density at radius 3 is 2.53 bits per heavy atom. The molecule has 7 nitrogen and oxygen atoms in total. The summed E-state index contributed by atoms with van der Waals surface area (Å²) < 4.78 is 37.3. The zero-order valence-electron chi connectivity index (χ0n) is 16.4. The van der Waals surface area contributed by atoms with Gasteiger partial charge in [-0.05, 0) is 37.1 Å². The second-order valence-corrected chi connectivity index (χ2v) is 8.83. The molecule has 0 unspecified atom stereocenters. The Labute approximate surface area is 178 Å². The van der Waals surface area contributed by atoms with E-state index in [9.17, 15) is 18.0 Å². The van der Waals surface area contributed by atoms with Gasteiger partial charge >= 0.3 is 11.6 Å². The molecule has 0 spiro atoms. The number of ether oxygens (including phenoxy) is 1. The number of halogens is 1. The van der Waals surface area contributed by atoms with Crippen molar-refractivity contribution in [2.24, 2.45) is 0 Å². The second-order valence-electron chi connectivity index (χ2n) is 6.66. The summed E-state index contributed by atoms with van der Waals surface area (Å²) >= 11 is 6.21. The Balaban J connectivity index is 1.67. The van der Waals surface area contributed by atoms with Gasteiger partial charge in [-0.15, -0.1) is 0 Å². The number of esters is 1. The fourth-order valence-corrected chi connectivity index (χ4v) is 4.09. The zero-order chi connectivity index (χ0) is 21.9. The van der Waals surface area contributed by atoms with Gasteiger partial charge in [0.1, 0.15) is 5.58 Å². The standard InChI is InChI=1S/C21H20ClNO6S/c1-3-14-10-21(25)28-18-12-19(17(22)11-16(14)18)29-20(24)8-9-23-30(26,27)15-6-4-13(2)5-7-15/h4-7,10-12,23H,3,8-9H2,1-2H3. The van der Waals surface area contributed by atoms with Crippen molar-refractivity contribution in [3.8, 4) is 5.75 Å². The molecule has 0 amide bonds. The monoisotopic (exact) mass is 449 g/mol. The van der Waals surface area contributed by atoms with Crippen molar-refractivity contribution in [2.75, 3.05) is 6.54 Å². The molecule has 0 saturated heterocycles. The average molecular weight is 450 g/mol. The molecule has 0 aliphatic rings. The van der Waals surface area contributed by atoms with Crippen molar-refractivity contribution in [1.29, 1.82) is 0 Å². The number of carbonyl (C=O) groups is 1. The van der Waals surface area contributed by atoms with Gasteiger partial charge in [0.05, 0.1) is 16.3 Å². The van der Waals surface area contributed by atoms with Gasteiger partial charge in [0.15, 0.2) is 5.75 Å². The lowest BCUT2D eigenvalue weighted by Gasteiger charge is -2.10. The quantitative estimate of drug-likeness (QED) is 0.336. The minimum absolute atomic E-state index is 0.0342. The molecule has 0 aliphatic heterocycles. The number of fused-ring (bicyclic) bond motifs is 1. The summed E-state index contributed by atoms with van der Waals surface area (Å²) in [5.41, 5.74) is 1.45. The van der Waals surface area contributed by atoms with Crippen LogP contribution in [-0.4, -0.2) is 20.9 Å². The first-order chi connectivity index (χ1) is 14.2. The maximum Gasteiger partial charge on any atom is 0.336 e. The van der Waals surface area contributed by atoms with Crippen LogP contribution < -0.4 is 15.1 Å². The fraction of sp³-hybridized carbons (Fsp3) is 0.238. The predicted molar refractivity (Wildman–Crippen MR) is 113 cm³/mol. The van der Waals surface area contributed by atoms with E-state index in [1.165, 1.54) is 24.3 Å². The van der Waals surface area contributed by atoms with Gasteiger partial charge in [0, 0.05) is 24.1 Å². The maximum atomic E-state index is 12.2. The smallest absolute Gasteiger partial charge is 0.336 e. The third kappa shape index (κ3) is 5.08. The molecule has 9 heteroatoms. The SMILES string of the molecule is CCc1cc(=O)oc2cc(OC(=O)CCNS(=O)(=O)c3ccc(C)cc3)c(Cl)cc12. The van der Waals surface area contributed by atoms with E-state index in [1.54, 1.807) is 18.2 Å². The normalized spacial score (nSPS) is 11.6. The van der Waals surface area contributed by atoms with Crippen LogP contribution in [0.1, 0.15) is 24.5 Å². The minimum atomic E-state index is -3.73. The summed E-state index contributed by atoms with van der Waals surface area (Å²) in [5.74, 6) is -0.649. The molecule has 0 fully saturated rings. The van der Waals surface area contributed by atoms with Gasteiger partial charge in [0.25, 0.3) is 0 Å². The van der Waals surface area contributed by atoms with Crippen molar-refractivity contribution in [1.82, 2.24) is 4.72 Å². The Kier molecular flexibility index (Phi) is 6.60. The van der Waals surface area contributed by atoms with Crippen molar-refractivity contribution in [3.63, 3.8) is 0 Å². The summed E-state index contributed by atoms with van der Waals surface area (Å²) in [7, 11) is -3.73.